The largest absolute Gasteiger partial charge is 0.467 e. The van der Waals surface area contributed by atoms with Crippen molar-refractivity contribution in [2.45, 2.75) is 58.8 Å². The number of carbonyl (C=O) groups is 2. The predicted molar refractivity (Wildman–Crippen MR) is 160 cm³/mol. The van der Waals surface area contributed by atoms with E-state index >= 15 is 0 Å². The minimum atomic E-state index is -0.309. The number of aryl methyl sites for hydroxylation is 3. The Morgan fingerprint density at radius 3 is 2.52 bits per heavy atom. The molecule has 40 heavy (non-hydrogen) atoms. The van der Waals surface area contributed by atoms with Crippen molar-refractivity contribution < 1.29 is 14.0 Å². The number of nitrogens with zero attached hydrogens (tertiary/aromatic N) is 3. The number of fused-ring (bicyclic) bond motifs is 1. The maximum absolute atomic E-state index is 13.9. The van der Waals surface area contributed by atoms with Crippen molar-refractivity contribution in [3.05, 3.63) is 100 Å². The minimum Gasteiger partial charge on any atom is -0.467 e. The van der Waals surface area contributed by atoms with Gasteiger partial charge in [-0.15, -0.1) is 11.8 Å². The first-order chi connectivity index (χ1) is 19.0. The van der Waals surface area contributed by atoms with Crippen molar-refractivity contribution in [3.8, 4) is 5.69 Å². The molecule has 0 radical (unpaired) electrons. The molecule has 208 valence electrons. The lowest BCUT2D eigenvalue weighted by Gasteiger charge is -2.25. The molecule has 4 aromatic rings. The number of rotatable bonds is 6. The van der Waals surface area contributed by atoms with E-state index in [-0.39, 0.29) is 41.3 Å². The van der Waals surface area contributed by atoms with Gasteiger partial charge in [0.15, 0.2) is 0 Å². The number of anilines is 1. The fourth-order valence-electron chi connectivity index (χ4n) is 5.21. The molecule has 1 aliphatic rings. The third-order valence-electron chi connectivity index (χ3n) is 7.19. The van der Waals surface area contributed by atoms with E-state index in [4.69, 9.17) is 9.52 Å². The molecule has 1 atom stereocenters. The molecule has 0 unspecified atom stereocenters. The quantitative estimate of drug-likeness (QED) is 0.307. The highest BCUT2D eigenvalue weighted by molar-refractivity contribution is 8.00. The summed E-state index contributed by atoms with van der Waals surface area (Å²) in [5.41, 5.74) is 6.98. The Balaban J connectivity index is 1.71. The van der Waals surface area contributed by atoms with Gasteiger partial charge in [0.2, 0.25) is 11.8 Å². The highest BCUT2D eigenvalue weighted by Crippen LogP contribution is 2.49. The predicted octanol–water partition coefficient (Wildman–Crippen LogP) is 6.17. The SMILES string of the molecule is Cc1ccc(-n2nc(C(C)(C)C)c3c2N(CC(=O)NCc2ccco2)C(=O)CS[C@@H]3c2ccccc2C)c(C)c1. The number of amides is 2. The third-order valence-corrected chi connectivity index (χ3v) is 8.43. The number of benzene rings is 2. The van der Waals surface area contributed by atoms with Crippen LogP contribution in [0.15, 0.2) is 65.3 Å². The molecule has 0 saturated carbocycles. The molecule has 1 N–H and O–H groups in total. The van der Waals surface area contributed by atoms with Crippen LogP contribution >= 0.6 is 11.8 Å². The smallest absolute Gasteiger partial charge is 0.240 e. The molecule has 1 aliphatic heterocycles. The van der Waals surface area contributed by atoms with E-state index in [2.05, 4.69) is 71.1 Å². The first kappa shape index (κ1) is 27.8. The summed E-state index contributed by atoms with van der Waals surface area (Å²) in [6.07, 6.45) is 1.57. The van der Waals surface area contributed by atoms with Gasteiger partial charge in [-0.05, 0) is 55.7 Å². The summed E-state index contributed by atoms with van der Waals surface area (Å²) in [6, 6.07) is 18.1. The van der Waals surface area contributed by atoms with Crippen molar-refractivity contribution in [2.24, 2.45) is 0 Å². The van der Waals surface area contributed by atoms with Crippen LogP contribution in [-0.2, 0) is 21.5 Å². The van der Waals surface area contributed by atoms with Crippen LogP contribution in [0, 0.1) is 20.8 Å². The average Bonchev–Trinajstić information content (AvgIpc) is 3.53. The molecule has 2 aromatic heterocycles. The molecule has 8 heteroatoms. The first-order valence-corrected chi connectivity index (χ1v) is 14.6. The fraction of sp³-hybridized carbons (Fsp3) is 0.344. The maximum Gasteiger partial charge on any atom is 0.240 e. The van der Waals surface area contributed by atoms with Gasteiger partial charge in [0.25, 0.3) is 0 Å². The number of aromatic nitrogens is 2. The van der Waals surface area contributed by atoms with Gasteiger partial charge in [-0.25, -0.2) is 4.68 Å². The molecular formula is C32H36N4O3S. The maximum atomic E-state index is 13.9. The number of carbonyl (C=O) groups excluding carboxylic acids is 2. The summed E-state index contributed by atoms with van der Waals surface area (Å²) in [4.78, 5) is 28.7. The minimum absolute atomic E-state index is 0.117. The van der Waals surface area contributed by atoms with E-state index in [1.54, 1.807) is 29.0 Å². The zero-order valence-corrected chi connectivity index (χ0v) is 24.8. The molecule has 2 amide bonds. The molecule has 2 aromatic carbocycles. The topological polar surface area (TPSA) is 80.4 Å². The number of hydrogen-bond acceptors (Lipinski definition) is 5. The highest BCUT2D eigenvalue weighted by atomic mass is 32.2. The van der Waals surface area contributed by atoms with E-state index in [0.29, 0.717) is 11.6 Å². The second-order valence-electron chi connectivity index (χ2n) is 11.4. The lowest BCUT2D eigenvalue weighted by atomic mass is 9.86. The molecule has 0 saturated heterocycles. The standard InChI is InChI=1S/C32H36N4O3S/c1-20-13-14-25(22(3)16-20)36-31-28(30(34-36)32(4,5)6)29(24-12-8-7-10-21(24)2)40-19-27(38)35(31)18-26(37)33-17-23-11-9-15-39-23/h7-16,29H,17-19H2,1-6H3,(H,33,37)/t29-/m1/s1. The Hall–Kier alpha value is -3.78. The van der Waals surface area contributed by atoms with Crippen LogP contribution < -0.4 is 10.2 Å². The van der Waals surface area contributed by atoms with Gasteiger partial charge in [0.1, 0.15) is 18.1 Å². The molecule has 0 aliphatic carbocycles. The summed E-state index contributed by atoms with van der Waals surface area (Å²) in [5.74, 6) is 1.17. The van der Waals surface area contributed by atoms with Crippen molar-refractivity contribution in [1.82, 2.24) is 15.1 Å². The number of nitrogens with one attached hydrogen (secondary N) is 1. The van der Waals surface area contributed by atoms with Crippen LogP contribution in [0.5, 0.6) is 0 Å². The van der Waals surface area contributed by atoms with Gasteiger partial charge in [-0.3, -0.25) is 14.5 Å². The Labute approximate surface area is 239 Å². The van der Waals surface area contributed by atoms with Crippen LogP contribution in [0.3, 0.4) is 0 Å². The molecular weight excluding hydrogens is 520 g/mol. The molecule has 0 fully saturated rings. The zero-order chi connectivity index (χ0) is 28.6. The Bertz CT molecular complexity index is 1550. The Morgan fingerprint density at radius 2 is 1.85 bits per heavy atom. The normalized spacial score (nSPS) is 15.6. The summed E-state index contributed by atoms with van der Waals surface area (Å²) < 4.78 is 7.26. The molecule has 5 rings (SSSR count). The van der Waals surface area contributed by atoms with Crippen LogP contribution in [0.25, 0.3) is 5.69 Å². The zero-order valence-electron chi connectivity index (χ0n) is 23.9. The Morgan fingerprint density at radius 1 is 1.07 bits per heavy atom. The van der Waals surface area contributed by atoms with E-state index in [0.717, 1.165) is 39.2 Å². The lowest BCUT2D eigenvalue weighted by molar-refractivity contribution is -0.123. The van der Waals surface area contributed by atoms with E-state index in [9.17, 15) is 9.59 Å². The summed E-state index contributed by atoms with van der Waals surface area (Å²) in [6.45, 7) is 12.8. The van der Waals surface area contributed by atoms with Crippen LogP contribution in [0.4, 0.5) is 5.82 Å². The third kappa shape index (κ3) is 5.45. The monoisotopic (exact) mass is 556 g/mol. The van der Waals surface area contributed by atoms with Crippen molar-refractivity contribution in [2.75, 3.05) is 17.2 Å². The fourth-order valence-corrected chi connectivity index (χ4v) is 6.50. The highest BCUT2D eigenvalue weighted by Gasteiger charge is 2.40. The van der Waals surface area contributed by atoms with Crippen molar-refractivity contribution in [1.29, 1.82) is 0 Å². The van der Waals surface area contributed by atoms with Gasteiger partial charge in [-0.2, -0.15) is 5.10 Å². The van der Waals surface area contributed by atoms with Gasteiger partial charge in [-0.1, -0.05) is 62.7 Å². The van der Waals surface area contributed by atoms with E-state index in [1.807, 2.05) is 28.9 Å². The van der Waals surface area contributed by atoms with Gasteiger partial charge in [0, 0.05) is 11.0 Å². The second kappa shape index (κ2) is 11.0. The molecule has 0 bridgehead atoms. The van der Waals surface area contributed by atoms with Crippen LogP contribution in [-0.4, -0.2) is 33.9 Å². The summed E-state index contributed by atoms with van der Waals surface area (Å²) in [5, 5.41) is 8.00. The second-order valence-corrected chi connectivity index (χ2v) is 12.5. The lowest BCUT2D eigenvalue weighted by Crippen LogP contribution is -2.42. The number of hydrogen-bond donors (Lipinski definition) is 1. The van der Waals surface area contributed by atoms with Crippen LogP contribution in [0.1, 0.15) is 65.3 Å². The summed E-state index contributed by atoms with van der Waals surface area (Å²) in [7, 11) is 0. The van der Waals surface area contributed by atoms with Crippen LogP contribution in [0.2, 0.25) is 0 Å². The van der Waals surface area contributed by atoms with Gasteiger partial charge in [0.05, 0.1) is 35.2 Å². The van der Waals surface area contributed by atoms with Crippen molar-refractivity contribution >= 4 is 29.4 Å². The molecule has 0 spiro atoms. The van der Waals surface area contributed by atoms with Gasteiger partial charge < -0.3 is 9.73 Å². The summed E-state index contributed by atoms with van der Waals surface area (Å²) >= 11 is 1.60. The molecule has 3 heterocycles. The number of furan rings is 1. The van der Waals surface area contributed by atoms with E-state index in [1.165, 1.54) is 0 Å². The molecule has 7 nitrogen and oxygen atoms in total. The average molecular weight is 557 g/mol. The number of thioether (sulfide) groups is 1. The Kier molecular flexibility index (Phi) is 7.64. The first-order valence-electron chi connectivity index (χ1n) is 13.5. The van der Waals surface area contributed by atoms with Crippen molar-refractivity contribution in [3.63, 3.8) is 0 Å². The van der Waals surface area contributed by atoms with Gasteiger partial charge >= 0.3 is 0 Å². The van der Waals surface area contributed by atoms with E-state index < -0.39 is 0 Å².